The van der Waals surface area contributed by atoms with Crippen LogP contribution in [0.1, 0.15) is 32.1 Å². The van der Waals surface area contributed by atoms with Gasteiger partial charge in [-0.25, -0.2) is 0 Å². The Kier molecular flexibility index (Phi) is 4.90. The fourth-order valence-electron chi connectivity index (χ4n) is 2.99. The summed E-state index contributed by atoms with van der Waals surface area (Å²) >= 11 is 0. The van der Waals surface area contributed by atoms with Crippen molar-refractivity contribution in [1.82, 2.24) is 9.80 Å². The van der Waals surface area contributed by atoms with Gasteiger partial charge < -0.3 is 9.80 Å². The molecule has 2 nitrogen and oxygen atoms in total. The standard InChI is InChI=1S/C13H23F3N2/c14-13(15,16)12-5-4-8-18(11-12)10-9-17-6-2-1-3-7-17/h12H,1-11H2/t12-/m1/s1. The molecular weight excluding hydrogens is 241 g/mol. The zero-order valence-corrected chi connectivity index (χ0v) is 10.9. The first kappa shape index (κ1) is 14.1. The largest absolute Gasteiger partial charge is 0.393 e. The van der Waals surface area contributed by atoms with Gasteiger partial charge in [0.1, 0.15) is 0 Å². The predicted molar refractivity (Wildman–Crippen MR) is 65.5 cm³/mol. The number of alkyl halides is 3. The number of rotatable bonds is 3. The van der Waals surface area contributed by atoms with Crippen molar-refractivity contribution in [2.45, 2.75) is 38.3 Å². The average Bonchev–Trinajstić information content (AvgIpc) is 2.37. The van der Waals surface area contributed by atoms with Gasteiger partial charge in [-0.3, -0.25) is 0 Å². The topological polar surface area (TPSA) is 6.48 Å². The van der Waals surface area contributed by atoms with E-state index in [2.05, 4.69) is 4.90 Å². The van der Waals surface area contributed by atoms with E-state index in [9.17, 15) is 13.2 Å². The van der Waals surface area contributed by atoms with E-state index in [0.29, 0.717) is 12.8 Å². The molecule has 2 saturated heterocycles. The summed E-state index contributed by atoms with van der Waals surface area (Å²) in [6.07, 6.45) is 0.768. The van der Waals surface area contributed by atoms with E-state index >= 15 is 0 Å². The fourth-order valence-corrected chi connectivity index (χ4v) is 2.99. The quantitative estimate of drug-likeness (QED) is 0.773. The van der Waals surface area contributed by atoms with Crippen molar-refractivity contribution in [3.63, 3.8) is 0 Å². The first-order chi connectivity index (χ1) is 8.55. The van der Waals surface area contributed by atoms with Crippen molar-refractivity contribution in [3.8, 4) is 0 Å². The van der Waals surface area contributed by atoms with E-state index in [1.54, 1.807) is 0 Å². The zero-order chi connectivity index (χ0) is 13.0. The maximum atomic E-state index is 12.7. The van der Waals surface area contributed by atoms with E-state index in [1.165, 1.54) is 19.3 Å². The van der Waals surface area contributed by atoms with Crippen LogP contribution in [0, 0.1) is 5.92 Å². The van der Waals surface area contributed by atoms with Crippen molar-refractivity contribution < 1.29 is 13.2 Å². The lowest BCUT2D eigenvalue weighted by Crippen LogP contribution is -2.45. The van der Waals surface area contributed by atoms with Crippen molar-refractivity contribution >= 4 is 0 Å². The van der Waals surface area contributed by atoms with Gasteiger partial charge in [-0.05, 0) is 45.3 Å². The maximum absolute atomic E-state index is 12.7. The van der Waals surface area contributed by atoms with Gasteiger partial charge in [-0.1, -0.05) is 6.42 Å². The predicted octanol–water partition coefficient (Wildman–Crippen LogP) is 2.75. The molecule has 106 valence electrons. The van der Waals surface area contributed by atoms with Gasteiger partial charge in [-0.15, -0.1) is 0 Å². The van der Waals surface area contributed by atoms with Crippen molar-refractivity contribution in [1.29, 1.82) is 0 Å². The SMILES string of the molecule is FC(F)(F)[C@@H]1CCCN(CCN2CCCCC2)C1. The summed E-state index contributed by atoms with van der Waals surface area (Å²) in [6, 6.07) is 0. The molecule has 5 heteroatoms. The number of hydrogen-bond donors (Lipinski definition) is 0. The molecule has 0 unspecified atom stereocenters. The molecule has 2 rings (SSSR count). The fraction of sp³-hybridized carbons (Fsp3) is 1.00. The lowest BCUT2D eigenvalue weighted by molar-refractivity contribution is -0.186. The highest BCUT2D eigenvalue weighted by Crippen LogP contribution is 2.32. The Morgan fingerprint density at radius 3 is 2.11 bits per heavy atom. The third-order valence-corrected chi connectivity index (χ3v) is 4.15. The maximum Gasteiger partial charge on any atom is 0.393 e. The highest BCUT2D eigenvalue weighted by molar-refractivity contribution is 4.79. The average molecular weight is 264 g/mol. The summed E-state index contributed by atoms with van der Waals surface area (Å²) in [7, 11) is 0. The van der Waals surface area contributed by atoms with E-state index in [0.717, 1.165) is 32.7 Å². The van der Waals surface area contributed by atoms with Crippen LogP contribution in [0.5, 0.6) is 0 Å². The van der Waals surface area contributed by atoms with Gasteiger partial charge in [0.2, 0.25) is 0 Å². The summed E-state index contributed by atoms with van der Waals surface area (Å²) < 4.78 is 38.0. The van der Waals surface area contributed by atoms with Crippen LogP contribution in [-0.4, -0.2) is 55.2 Å². The Bertz CT molecular complexity index is 249. The van der Waals surface area contributed by atoms with E-state index < -0.39 is 12.1 Å². The van der Waals surface area contributed by atoms with Gasteiger partial charge in [-0.2, -0.15) is 13.2 Å². The van der Waals surface area contributed by atoms with E-state index in [1.807, 2.05) is 4.90 Å². The van der Waals surface area contributed by atoms with Crippen molar-refractivity contribution in [2.75, 3.05) is 39.3 Å². The molecule has 2 heterocycles. The second kappa shape index (κ2) is 6.24. The van der Waals surface area contributed by atoms with Crippen LogP contribution in [0.15, 0.2) is 0 Å². The number of likely N-dealkylation sites (tertiary alicyclic amines) is 2. The van der Waals surface area contributed by atoms with Gasteiger partial charge >= 0.3 is 6.18 Å². The Balaban J connectivity index is 1.72. The molecule has 0 aromatic carbocycles. The molecule has 2 fully saturated rings. The molecule has 2 aliphatic heterocycles. The van der Waals surface area contributed by atoms with Crippen LogP contribution >= 0.6 is 0 Å². The molecule has 0 amide bonds. The Hall–Kier alpha value is -0.290. The molecule has 0 N–H and O–H groups in total. The van der Waals surface area contributed by atoms with Gasteiger partial charge in [0, 0.05) is 19.6 Å². The lowest BCUT2D eigenvalue weighted by Gasteiger charge is -2.35. The Morgan fingerprint density at radius 2 is 1.44 bits per heavy atom. The van der Waals surface area contributed by atoms with Crippen LogP contribution in [-0.2, 0) is 0 Å². The molecule has 0 radical (unpaired) electrons. The first-order valence-electron chi connectivity index (χ1n) is 7.07. The number of halogens is 3. The minimum atomic E-state index is -4.01. The summed E-state index contributed by atoms with van der Waals surface area (Å²) in [5.74, 6) is -1.10. The van der Waals surface area contributed by atoms with E-state index in [-0.39, 0.29) is 6.54 Å². The highest BCUT2D eigenvalue weighted by atomic mass is 19.4. The number of nitrogens with zero attached hydrogens (tertiary/aromatic N) is 2. The molecule has 0 aromatic rings. The molecule has 2 aliphatic rings. The van der Waals surface area contributed by atoms with Crippen molar-refractivity contribution in [3.05, 3.63) is 0 Å². The summed E-state index contributed by atoms with van der Waals surface area (Å²) in [4.78, 5) is 4.39. The van der Waals surface area contributed by atoms with Crippen LogP contribution in [0.4, 0.5) is 13.2 Å². The van der Waals surface area contributed by atoms with E-state index in [4.69, 9.17) is 0 Å². The molecule has 18 heavy (non-hydrogen) atoms. The monoisotopic (exact) mass is 264 g/mol. The van der Waals surface area contributed by atoms with Crippen LogP contribution < -0.4 is 0 Å². The molecule has 0 aromatic heterocycles. The minimum Gasteiger partial charge on any atom is -0.302 e. The normalized spacial score (nSPS) is 28.5. The summed E-state index contributed by atoms with van der Waals surface area (Å²) in [5, 5.41) is 0. The van der Waals surface area contributed by atoms with Crippen molar-refractivity contribution in [2.24, 2.45) is 5.92 Å². The second-order valence-corrected chi connectivity index (χ2v) is 5.58. The molecule has 1 atom stereocenters. The minimum absolute atomic E-state index is 0.206. The Labute approximate surface area is 107 Å². The van der Waals surface area contributed by atoms with Gasteiger partial charge in [0.05, 0.1) is 5.92 Å². The van der Waals surface area contributed by atoms with Gasteiger partial charge in [0.15, 0.2) is 0 Å². The Morgan fingerprint density at radius 1 is 0.833 bits per heavy atom. The second-order valence-electron chi connectivity index (χ2n) is 5.58. The van der Waals surface area contributed by atoms with Crippen LogP contribution in [0.3, 0.4) is 0 Å². The van der Waals surface area contributed by atoms with Gasteiger partial charge in [0.25, 0.3) is 0 Å². The highest BCUT2D eigenvalue weighted by Gasteiger charge is 2.41. The zero-order valence-electron chi connectivity index (χ0n) is 10.9. The number of piperidine rings is 2. The smallest absolute Gasteiger partial charge is 0.302 e. The molecule has 0 saturated carbocycles. The number of hydrogen-bond acceptors (Lipinski definition) is 2. The molecule has 0 aliphatic carbocycles. The van der Waals surface area contributed by atoms with Crippen LogP contribution in [0.25, 0.3) is 0 Å². The molecule has 0 spiro atoms. The third-order valence-electron chi connectivity index (χ3n) is 4.15. The third kappa shape index (κ3) is 4.12. The summed E-state index contributed by atoms with van der Waals surface area (Å²) in [6.45, 7) is 5.02. The first-order valence-corrected chi connectivity index (χ1v) is 7.07. The lowest BCUT2D eigenvalue weighted by atomic mass is 9.97. The molecular formula is C13H23F3N2. The summed E-state index contributed by atoms with van der Waals surface area (Å²) in [5.41, 5.74) is 0. The van der Waals surface area contributed by atoms with Crippen LogP contribution in [0.2, 0.25) is 0 Å². The molecule has 0 bridgehead atoms.